The Kier molecular flexibility index (Phi) is 6.05. The molecule has 2 heterocycles. The molecule has 0 aliphatic carbocycles. The SMILES string of the molecule is C=CCn1c(C)cc(C(=O)COC(=O)c2[nH]c(C)c(C(=O)OC)c2C)c1C. The van der Waals surface area contributed by atoms with Crippen LogP contribution in [0, 0.1) is 27.7 Å². The van der Waals surface area contributed by atoms with Crippen LogP contribution >= 0.6 is 0 Å². The molecule has 0 atom stereocenters. The Labute approximate surface area is 158 Å². The molecule has 0 aromatic carbocycles. The van der Waals surface area contributed by atoms with Crippen LogP contribution in [0.2, 0.25) is 0 Å². The van der Waals surface area contributed by atoms with Gasteiger partial charge >= 0.3 is 11.9 Å². The van der Waals surface area contributed by atoms with Crippen molar-refractivity contribution in [3.8, 4) is 0 Å². The lowest BCUT2D eigenvalue weighted by Crippen LogP contribution is -2.16. The van der Waals surface area contributed by atoms with Crippen molar-refractivity contribution in [1.29, 1.82) is 0 Å². The van der Waals surface area contributed by atoms with Gasteiger partial charge in [-0.05, 0) is 39.3 Å². The predicted octanol–water partition coefficient (Wildman–Crippen LogP) is 3.06. The topological polar surface area (TPSA) is 90.4 Å². The summed E-state index contributed by atoms with van der Waals surface area (Å²) in [6.45, 7) is 10.9. The Morgan fingerprint density at radius 3 is 2.44 bits per heavy atom. The lowest BCUT2D eigenvalue weighted by molar-refractivity contribution is 0.0468. The molecule has 0 aliphatic rings. The summed E-state index contributed by atoms with van der Waals surface area (Å²) in [6, 6.07) is 1.77. The summed E-state index contributed by atoms with van der Waals surface area (Å²) in [5.41, 5.74) is 3.61. The molecule has 2 aromatic heterocycles. The van der Waals surface area contributed by atoms with Gasteiger partial charge in [-0.1, -0.05) is 6.08 Å². The Balaban J connectivity index is 2.15. The van der Waals surface area contributed by atoms with Gasteiger partial charge in [0.1, 0.15) is 5.69 Å². The first-order valence-corrected chi connectivity index (χ1v) is 8.48. The number of ketones is 1. The van der Waals surface area contributed by atoms with E-state index in [9.17, 15) is 14.4 Å². The molecule has 0 spiro atoms. The first-order valence-electron chi connectivity index (χ1n) is 8.48. The number of esters is 2. The molecule has 144 valence electrons. The van der Waals surface area contributed by atoms with Gasteiger partial charge in [0.15, 0.2) is 6.61 Å². The number of H-pyrrole nitrogens is 1. The standard InChI is InChI=1S/C20H24N2O5/c1-7-8-22-11(2)9-15(14(22)5)16(23)10-27-20(25)18-12(3)17(13(4)21-18)19(24)26-6/h7,9,21H,1,8,10H2,2-6H3. The average molecular weight is 372 g/mol. The zero-order valence-corrected chi connectivity index (χ0v) is 16.3. The second kappa shape index (κ2) is 8.07. The number of carbonyl (C=O) groups is 3. The quantitative estimate of drug-likeness (QED) is 0.458. The van der Waals surface area contributed by atoms with E-state index >= 15 is 0 Å². The molecular formula is C20H24N2O5. The van der Waals surface area contributed by atoms with Crippen molar-refractivity contribution in [3.05, 3.63) is 58.2 Å². The van der Waals surface area contributed by atoms with Gasteiger partial charge in [-0.25, -0.2) is 9.59 Å². The fourth-order valence-corrected chi connectivity index (χ4v) is 3.14. The highest BCUT2D eigenvalue weighted by molar-refractivity contribution is 6.02. The maximum atomic E-state index is 12.5. The van der Waals surface area contributed by atoms with E-state index in [1.54, 1.807) is 26.0 Å². The molecular weight excluding hydrogens is 348 g/mol. The summed E-state index contributed by atoms with van der Waals surface area (Å²) in [5, 5.41) is 0. The second-order valence-electron chi connectivity index (χ2n) is 6.30. The molecule has 2 aromatic rings. The van der Waals surface area contributed by atoms with Gasteiger partial charge in [0.05, 0.1) is 12.7 Å². The molecule has 7 nitrogen and oxygen atoms in total. The lowest BCUT2D eigenvalue weighted by atomic mass is 10.1. The number of nitrogens with one attached hydrogen (secondary N) is 1. The summed E-state index contributed by atoms with van der Waals surface area (Å²) >= 11 is 0. The highest BCUT2D eigenvalue weighted by atomic mass is 16.5. The van der Waals surface area contributed by atoms with E-state index in [0.29, 0.717) is 28.9 Å². The third-order valence-electron chi connectivity index (χ3n) is 4.55. The number of nitrogens with zero attached hydrogens (tertiary/aromatic N) is 1. The van der Waals surface area contributed by atoms with Crippen LogP contribution in [0.1, 0.15) is 53.8 Å². The molecule has 0 saturated carbocycles. The molecule has 0 unspecified atom stereocenters. The number of methoxy groups -OCH3 is 1. The molecule has 0 fully saturated rings. The molecule has 0 saturated heterocycles. The number of allylic oxidation sites excluding steroid dienone is 1. The number of hydrogen-bond donors (Lipinski definition) is 1. The minimum absolute atomic E-state index is 0.137. The number of aromatic amines is 1. The van der Waals surface area contributed by atoms with Crippen LogP contribution in [0.15, 0.2) is 18.7 Å². The van der Waals surface area contributed by atoms with Crippen LogP contribution in [0.5, 0.6) is 0 Å². The van der Waals surface area contributed by atoms with Gasteiger partial charge in [0.2, 0.25) is 5.78 Å². The van der Waals surface area contributed by atoms with Gasteiger partial charge in [0.25, 0.3) is 0 Å². The monoisotopic (exact) mass is 372 g/mol. The number of rotatable bonds is 7. The second-order valence-corrected chi connectivity index (χ2v) is 6.30. The van der Waals surface area contributed by atoms with Crippen molar-refractivity contribution in [2.45, 2.75) is 34.2 Å². The van der Waals surface area contributed by atoms with Crippen LogP contribution in [-0.4, -0.2) is 41.0 Å². The highest BCUT2D eigenvalue weighted by Crippen LogP contribution is 2.20. The van der Waals surface area contributed by atoms with Crippen LogP contribution < -0.4 is 0 Å². The number of aromatic nitrogens is 2. The van der Waals surface area contributed by atoms with E-state index in [4.69, 9.17) is 9.47 Å². The predicted molar refractivity (Wildman–Crippen MR) is 100 cm³/mol. The number of carbonyl (C=O) groups excluding carboxylic acids is 3. The maximum absolute atomic E-state index is 12.5. The smallest absolute Gasteiger partial charge is 0.355 e. The van der Waals surface area contributed by atoms with Gasteiger partial charge < -0.3 is 19.0 Å². The van der Waals surface area contributed by atoms with E-state index in [2.05, 4.69) is 11.6 Å². The number of Topliss-reactive ketones (excluding diaryl/α,β-unsaturated/α-hetero) is 1. The van der Waals surface area contributed by atoms with E-state index < -0.39 is 11.9 Å². The summed E-state index contributed by atoms with van der Waals surface area (Å²) in [6.07, 6.45) is 1.75. The van der Waals surface area contributed by atoms with Crippen LogP contribution in [0.25, 0.3) is 0 Å². The average Bonchev–Trinajstić information content (AvgIpc) is 3.09. The Hall–Kier alpha value is -3.09. The fourth-order valence-electron chi connectivity index (χ4n) is 3.14. The summed E-state index contributed by atoms with van der Waals surface area (Å²) < 4.78 is 11.9. The lowest BCUT2D eigenvalue weighted by Gasteiger charge is -2.07. The number of hydrogen-bond acceptors (Lipinski definition) is 5. The Morgan fingerprint density at radius 1 is 1.19 bits per heavy atom. The molecule has 2 rings (SSSR count). The third kappa shape index (κ3) is 3.86. The van der Waals surface area contributed by atoms with Crippen LogP contribution in [0.3, 0.4) is 0 Å². The Bertz CT molecular complexity index is 917. The van der Waals surface area contributed by atoms with Crippen LogP contribution in [-0.2, 0) is 16.0 Å². The molecule has 0 radical (unpaired) electrons. The molecule has 0 amide bonds. The molecule has 0 aliphatic heterocycles. The van der Waals surface area contributed by atoms with Gasteiger partial charge in [-0.15, -0.1) is 6.58 Å². The minimum Gasteiger partial charge on any atom is -0.465 e. The van der Waals surface area contributed by atoms with Crippen molar-refractivity contribution in [3.63, 3.8) is 0 Å². The molecule has 27 heavy (non-hydrogen) atoms. The molecule has 1 N–H and O–H groups in total. The zero-order valence-electron chi connectivity index (χ0n) is 16.3. The van der Waals surface area contributed by atoms with Crippen molar-refractivity contribution < 1.29 is 23.9 Å². The zero-order chi connectivity index (χ0) is 20.3. The first-order chi connectivity index (χ1) is 12.7. The van der Waals surface area contributed by atoms with E-state index in [0.717, 1.165) is 11.4 Å². The summed E-state index contributed by atoms with van der Waals surface area (Å²) in [4.78, 5) is 39.5. The van der Waals surface area contributed by atoms with E-state index in [1.807, 2.05) is 18.4 Å². The van der Waals surface area contributed by atoms with Crippen molar-refractivity contribution in [2.24, 2.45) is 0 Å². The van der Waals surface area contributed by atoms with Crippen LogP contribution in [0.4, 0.5) is 0 Å². The fraction of sp³-hybridized carbons (Fsp3) is 0.350. The van der Waals surface area contributed by atoms with E-state index in [1.165, 1.54) is 7.11 Å². The third-order valence-corrected chi connectivity index (χ3v) is 4.55. The van der Waals surface area contributed by atoms with Crippen molar-refractivity contribution in [2.75, 3.05) is 13.7 Å². The van der Waals surface area contributed by atoms with Crippen molar-refractivity contribution in [1.82, 2.24) is 9.55 Å². The largest absolute Gasteiger partial charge is 0.465 e. The normalized spacial score (nSPS) is 10.6. The first kappa shape index (κ1) is 20.2. The minimum atomic E-state index is -0.695. The molecule has 0 bridgehead atoms. The highest BCUT2D eigenvalue weighted by Gasteiger charge is 2.24. The van der Waals surface area contributed by atoms with Gasteiger partial charge in [-0.3, -0.25) is 4.79 Å². The van der Waals surface area contributed by atoms with Gasteiger partial charge in [-0.2, -0.15) is 0 Å². The summed E-state index contributed by atoms with van der Waals surface area (Å²) in [5.74, 6) is -1.52. The summed E-state index contributed by atoms with van der Waals surface area (Å²) in [7, 11) is 1.27. The number of aryl methyl sites for hydroxylation is 2. The van der Waals surface area contributed by atoms with Gasteiger partial charge in [0, 0.05) is 29.2 Å². The molecule has 7 heteroatoms. The van der Waals surface area contributed by atoms with E-state index in [-0.39, 0.29) is 18.1 Å². The Morgan fingerprint density at radius 2 is 1.85 bits per heavy atom. The van der Waals surface area contributed by atoms with Crippen molar-refractivity contribution >= 4 is 17.7 Å². The maximum Gasteiger partial charge on any atom is 0.355 e. The number of ether oxygens (including phenoxy) is 2.